The quantitative estimate of drug-likeness (QED) is 0.489. The molecule has 7 nitrogen and oxygen atoms in total. The van der Waals surface area contributed by atoms with E-state index in [1.165, 1.54) is 0 Å². The fraction of sp³-hybridized carbons (Fsp3) is 0.316. The van der Waals surface area contributed by atoms with Crippen LogP contribution in [0.5, 0.6) is 0 Å². The van der Waals surface area contributed by atoms with Crippen molar-refractivity contribution in [2.75, 3.05) is 11.9 Å². The molecule has 1 aliphatic rings. The summed E-state index contributed by atoms with van der Waals surface area (Å²) < 4.78 is 0. The average Bonchev–Trinajstić information content (AvgIpc) is 3.32. The summed E-state index contributed by atoms with van der Waals surface area (Å²) in [5.41, 5.74) is 7.74. The zero-order valence-electron chi connectivity index (χ0n) is 14.4. The number of H-pyrrole nitrogens is 1. The van der Waals surface area contributed by atoms with Crippen molar-refractivity contribution < 1.29 is 4.79 Å². The normalized spacial score (nSPS) is 15.0. The van der Waals surface area contributed by atoms with Crippen LogP contribution >= 0.6 is 0 Å². The molecule has 0 radical (unpaired) electrons. The first-order chi connectivity index (χ1) is 12.7. The fourth-order valence-electron chi connectivity index (χ4n) is 2.90. The van der Waals surface area contributed by atoms with Crippen molar-refractivity contribution in [2.45, 2.75) is 25.4 Å². The van der Waals surface area contributed by atoms with E-state index in [2.05, 4.69) is 25.6 Å². The fourth-order valence-corrected chi connectivity index (χ4v) is 2.90. The number of amides is 1. The van der Waals surface area contributed by atoms with Crippen molar-refractivity contribution in [3.05, 3.63) is 42.6 Å². The lowest BCUT2D eigenvalue weighted by atomic mass is 10.2. The largest absolute Gasteiger partial charge is 0.366 e. The van der Waals surface area contributed by atoms with E-state index in [4.69, 9.17) is 5.73 Å². The Hall–Kier alpha value is -2.93. The second-order valence-electron chi connectivity index (χ2n) is 6.70. The summed E-state index contributed by atoms with van der Waals surface area (Å²) in [4.78, 5) is 24.2. The van der Waals surface area contributed by atoms with Crippen molar-refractivity contribution in [2.24, 2.45) is 11.7 Å². The number of hydrogen-bond donors (Lipinski definition) is 4. The van der Waals surface area contributed by atoms with Gasteiger partial charge in [0.25, 0.3) is 0 Å². The van der Waals surface area contributed by atoms with Gasteiger partial charge in [0, 0.05) is 24.7 Å². The Morgan fingerprint density at radius 3 is 2.81 bits per heavy atom. The zero-order valence-corrected chi connectivity index (χ0v) is 14.4. The number of nitrogens with two attached hydrogens (primary N) is 1. The summed E-state index contributed by atoms with van der Waals surface area (Å²) in [7, 11) is 0. The molecule has 1 fully saturated rings. The highest BCUT2D eigenvalue weighted by Gasteiger charge is 2.24. The maximum atomic E-state index is 11.9. The monoisotopic (exact) mass is 350 g/mol. The van der Waals surface area contributed by atoms with Crippen LogP contribution in [0.15, 0.2) is 42.6 Å². The minimum absolute atomic E-state index is 0.0150. The van der Waals surface area contributed by atoms with Crippen molar-refractivity contribution in [3.63, 3.8) is 0 Å². The molecular weight excluding hydrogens is 328 g/mol. The van der Waals surface area contributed by atoms with Gasteiger partial charge in [-0.2, -0.15) is 0 Å². The summed E-state index contributed by atoms with van der Waals surface area (Å²) >= 11 is 0. The predicted molar refractivity (Wildman–Crippen MR) is 101 cm³/mol. The topological polar surface area (TPSA) is 109 Å². The minimum Gasteiger partial charge on any atom is -0.366 e. The molecule has 2 heterocycles. The van der Waals surface area contributed by atoms with Gasteiger partial charge in [-0.25, -0.2) is 9.97 Å². The number of anilines is 1. The van der Waals surface area contributed by atoms with Gasteiger partial charge < -0.3 is 21.4 Å². The number of carbonyl (C=O) groups excluding carboxylic acids is 1. The van der Waals surface area contributed by atoms with Crippen LogP contribution in [-0.2, 0) is 4.79 Å². The number of aromatic amines is 1. The van der Waals surface area contributed by atoms with Crippen LogP contribution in [0.25, 0.3) is 22.4 Å². The molecule has 7 heteroatoms. The summed E-state index contributed by atoms with van der Waals surface area (Å²) in [6.07, 6.45) is 4.23. The predicted octanol–water partition coefficient (Wildman–Crippen LogP) is 2.24. The maximum Gasteiger partial charge on any atom is 0.221 e. The standard InChI is InChI=1S/C19H22N6O/c20-15(23-16(26)10-12-6-7-12)11-22-19-14-8-9-21-18(14)24-17(25-19)13-4-2-1-3-5-13/h1-5,8-9,12,15H,6-7,10-11,20H2,(H,23,26)(H2,21,22,24,25). The van der Waals surface area contributed by atoms with Gasteiger partial charge in [0.2, 0.25) is 5.91 Å². The third kappa shape index (κ3) is 3.83. The Morgan fingerprint density at radius 1 is 1.23 bits per heavy atom. The number of carbonyl (C=O) groups is 1. The summed E-state index contributed by atoms with van der Waals surface area (Å²) in [5.74, 6) is 1.89. The van der Waals surface area contributed by atoms with Crippen LogP contribution in [0.3, 0.4) is 0 Å². The molecule has 5 N–H and O–H groups in total. The molecule has 1 saturated carbocycles. The van der Waals surface area contributed by atoms with E-state index in [1.54, 1.807) is 0 Å². The van der Waals surface area contributed by atoms with Gasteiger partial charge in [-0.05, 0) is 24.8 Å². The number of nitrogens with one attached hydrogen (secondary N) is 3. The molecule has 4 rings (SSSR count). The highest BCUT2D eigenvalue weighted by Crippen LogP contribution is 2.32. The van der Waals surface area contributed by atoms with Gasteiger partial charge in [-0.3, -0.25) is 4.79 Å². The number of fused-ring (bicyclic) bond motifs is 1. The van der Waals surface area contributed by atoms with Gasteiger partial charge in [0.1, 0.15) is 11.5 Å². The van der Waals surface area contributed by atoms with E-state index in [1.807, 2.05) is 42.6 Å². The van der Waals surface area contributed by atoms with Crippen LogP contribution in [0.2, 0.25) is 0 Å². The number of hydrogen-bond acceptors (Lipinski definition) is 5. The Morgan fingerprint density at radius 2 is 2.04 bits per heavy atom. The number of aromatic nitrogens is 3. The van der Waals surface area contributed by atoms with E-state index in [0.717, 1.165) is 29.4 Å². The summed E-state index contributed by atoms with van der Waals surface area (Å²) in [6.45, 7) is 0.391. The van der Waals surface area contributed by atoms with Crippen molar-refractivity contribution >= 4 is 22.8 Å². The number of benzene rings is 1. The first-order valence-corrected chi connectivity index (χ1v) is 8.88. The molecule has 0 saturated heterocycles. The summed E-state index contributed by atoms with van der Waals surface area (Å²) in [5, 5.41) is 6.97. The molecule has 1 amide bonds. The number of nitrogens with zero attached hydrogens (tertiary/aromatic N) is 2. The molecule has 1 aliphatic carbocycles. The van der Waals surface area contributed by atoms with Gasteiger partial charge >= 0.3 is 0 Å². The van der Waals surface area contributed by atoms with Crippen LogP contribution in [-0.4, -0.2) is 33.6 Å². The lowest BCUT2D eigenvalue weighted by Gasteiger charge is -2.16. The van der Waals surface area contributed by atoms with Crippen LogP contribution in [0.1, 0.15) is 19.3 Å². The molecule has 1 atom stereocenters. The van der Waals surface area contributed by atoms with Crippen molar-refractivity contribution in [1.29, 1.82) is 0 Å². The number of rotatable bonds is 7. The van der Waals surface area contributed by atoms with E-state index in [-0.39, 0.29) is 5.91 Å². The second-order valence-corrected chi connectivity index (χ2v) is 6.70. The molecule has 0 aliphatic heterocycles. The van der Waals surface area contributed by atoms with E-state index in [0.29, 0.717) is 30.5 Å². The highest BCUT2D eigenvalue weighted by atomic mass is 16.1. The molecule has 134 valence electrons. The Bertz CT molecular complexity index is 903. The first-order valence-electron chi connectivity index (χ1n) is 8.88. The lowest BCUT2D eigenvalue weighted by Crippen LogP contribution is -2.46. The smallest absolute Gasteiger partial charge is 0.221 e. The minimum atomic E-state index is -0.467. The SMILES string of the molecule is NC(CNc1nc(-c2ccccc2)nc2[nH]ccc12)NC(=O)CC1CC1. The molecule has 26 heavy (non-hydrogen) atoms. The Balaban J connectivity index is 1.48. The first kappa shape index (κ1) is 16.5. The van der Waals surface area contributed by atoms with E-state index < -0.39 is 6.17 Å². The molecule has 2 aromatic heterocycles. The Kier molecular flexibility index (Phi) is 4.53. The third-order valence-electron chi connectivity index (χ3n) is 4.45. The Labute approximate surface area is 151 Å². The van der Waals surface area contributed by atoms with Crippen LogP contribution in [0.4, 0.5) is 5.82 Å². The highest BCUT2D eigenvalue weighted by molar-refractivity contribution is 5.88. The van der Waals surface area contributed by atoms with Crippen LogP contribution in [0, 0.1) is 5.92 Å². The molecule has 3 aromatic rings. The molecule has 0 bridgehead atoms. The maximum absolute atomic E-state index is 11.9. The van der Waals surface area contributed by atoms with Gasteiger partial charge in [0.05, 0.1) is 11.6 Å². The van der Waals surface area contributed by atoms with Crippen molar-refractivity contribution in [1.82, 2.24) is 20.3 Å². The van der Waals surface area contributed by atoms with Crippen molar-refractivity contribution in [3.8, 4) is 11.4 Å². The van der Waals surface area contributed by atoms with Gasteiger partial charge in [-0.1, -0.05) is 30.3 Å². The van der Waals surface area contributed by atoms with E-state index >= 15 is 0 Å². The van der Waals surface area contributed by atoms with Gasteiger partial charge in [-0.15, -0.1) is 0 Å². The van der Waals surface area contributed by atoms with Gasteiger partial charge in [0.15, 0.2) is 5.82 Å². The average molecular weight is 350 g/mol. The summed E-state index contributed by atoms with van der Waals surface area (Å²) in [6, 6.07) is 11.7. The lowest BCUT2D eigenvalue weighted by molar-refractivity contribution is -0.122. The third-order valence-corrected chi connectivity index (χ3v) is 4.45. The zero-order chi connectivity index (χ0) is 17.9. The second kappa shape index (κ2) is 7.13. The van der Waals surface area contributed by atoms with E-state index in [9.17, 15) is 4.79 Å². The molecule has 1 unspecified atom stereocenters. The molecule has 1 aromatic carbocycles. The molecule has 0 spiro atoms. The van der Waals surface area contributed by atoms with Crippen LogP contribution < -0.4 is 16.4 Å². The molecular formula is C19H22N6O.